The van der Waals surface area contributed by atoms with E-state index in [1.807, 2.05) is 32.0 Å². The number of hydrogen-bond donors (Lipinski definition) is 0. The van der Waals surface area contributed by atoms with Gasteiger partial charge in [0, 0.05) is 0 Å². The molecule has 0 aromatic heterocycles. The molecule has 0 N–H and O–H groups in total. The number of hydrogen-bond acceptors (Lipinski definition) is 3. The highest BCUT2D eigenvalue weighted by Gasteiger charge is 2.28. The number of rotatable bonds is 2. The van der Waals surface area contributed by atoms with Gasteiger partial charge in [-0.3, -0.25) is 14.7 Å². The lowest BCUT2D eigenvalue weighted by Crippen LogP contribution is -2.32. The molecule has 0 saturated heterocycles. The van der Waals surface area contributed by atoms with Gasteiger partial charge in [0.25, 0.3) is 5.91 Å². The van der Waals surface area contributed by atoms with Gasteiger partial charge in [-0.25, -0.2) is 0 Å². The van der Waals surface area contributed by atoms with Crippen LogP contribution in [0.5, 0.6) is 0 Å². The second-order valence-corrected chi connectivity index (χ2v) is 5.23. The molecule has 1 aromatic rings. The average molecular weight is 248 g/mol. The van der Waals surface area contributed by atoms with E-state index >= 15 is 0 Å². The van der Waals surface area contributed by atoms with Crippen molar-refractivity contribution in [2.45, 2.75) is 20.8 Å². The number of aryl methyl sites for hydroxylation is 2. The molecule has 17 heavy (non-hydrogen) atoms. The first-order valence-electron chi connectivity index (χ1n) is 5.71. The summed E-state index contributed by atoms with van der Waals surface area (Å²) in [7, 11) is 0. The Bertz CT molecular complexity index is 462. The minimum atomic E-state index is 0.0679. The van der Waals surface area contributed by atoms with Crippen LogP contribution in [0.3, 0.4) is 0 Å². The van der Waals surface area contributed by atoms with Crippen LogP contribution in [0.2, 0.25) is 0 Å². The van der Waals surface area contributed by atoms with E-state index in [4.69, 9.17) is 0 Å². The van der Waals surface area contributed by atoms with Crippen molar-refractivity contribution in [2.75, 3.05) is 17.2 Å². The van der Waals surface area contributed by atoms with Crippen LogP contribution < -0.4 is 4.90 Å². The largest absolute Gasteiger partial charge is 0.272 e. The summed E-state index contributed by atoms with van der Waals surface area (Å²) in [5.41, 5.74) is 3.23. The maximum Gasteiger partial charge on any atom is 0.254 e. The topological polar surface area (TPSA) is 32.7 Å². The molecular formula is C13H16N2OS. The summed E-state index contributed by atoms with van der Waals surface area (Å²) in [6, 6.07) is 6.07. The Hall–Kier alpha value is -1.29. The van der Waals surface area contributed by atoms with Crippen LogP contribution >= 0.6 is 11.8 Å². The summed E-state index contributed by atoms with van der Waals surface area (Å²) in [4.78, 5) is 18.0. The summed E-state index contributed by atoms with van der Waals surface area (Å²) >= 11 is 1.62. The monoisotopic (exact) mass is 248 g/mol. The standard InChI is InChI=1S/C13H16N2OS/c1-4-17-13-14-8-11(16)15(13)12-9(2)6-5-7-10(12)3/h5-7H,4,8H2,1-3H3. The number of amides is 1. The fourth-order valence-corrected chi connectivity index (χ4v) is 2.74. The molecule has 0 bridgehead atoms. The fraction of sp³-hybridized carbons (Fsp3) is 0.385. The molecule has 1 amide bonds. The molecule has 0 atom stereocenters. The van der Waals surface area contributed by atoms with E-state index in [1.165, 1.54) is 0 Å². The van der Waals surface area contributed by atoms with Crippen LogP contribution in [0, 0.1) is 13.8 Å². The third-order valence-electron chi connectivity index (χ3n) is 2.73. The number of carbonyl (C=O) groups excluding carboxylic acids is 1. The van der Waals surface area contributed by atoms with Crippen molar-refractivity contribution in [3.05, 3.63) is 29.3 Å². The fourth-order valence-electron chi connectivity index (χ4n) is 2.00. The van der Waals surface area contributed by atoms with E-state index in [1.54, 1.807) is 16.7 Å². The molecule has 1 aliphatic rings. The van der Waals surface area contributed by atoms with Gasteiger partial charge in [-0.2, -0.15) is 0 Å². The molecule has 2 rings (SSSR count). The summed E-state index contributed by atoms with van der Waals surface area (Å²) in [6.45, 7) is 6.40. The minimum absolute atomic E-state index is 0.0679. The van der Waals surface area contributed by atoms with Gasteiger partial charge >= 0.3 is 0 Å². The Kier molecular flexibility index (Phi) is 3.52. The van der Waals surface area contributed by atoms with Gasteiger partial charge in [0.1, 0.15) is 6.54 Å². The SMILES string of the molecule is CCSC1=NCC(=O)N1c1c(C)cccc1C. The van der Waals surface area contributed by atoms with Crippen LogP contribution in [0.15, 0.2) is 23.2 Å². The molecule has 3 nitrogen and oxygen atoms in total. The first kappa shape index (κ1) is 12.2. The van der Waals surface area contributed by atoms with Crippen LogP contribution in [-0.2, 0) is 4.79 Å². The zero-order valence-electron chi connectivity index (χ0n) is 10.4. The smallest absolute Gasteiger partial charge is 0.254 e. The minimum Gasteiger partial charge on any atom is -0.272 e. The number of thioether (sulfide) groups is 1. The normalized spacial score (nSPS) is 15.4. The molecule has 1 heterocycles. The summed E-state index contributed by atoms with van der Waals surface area (Å²) in [5.74, 6) is 0.992. The Morgan fingerprint density at radius 2 is 2.00 bits per heavy atom. The van der Waals surface area contributed by atoms with Crippen LogP contribution in [-0.4, -0.2) is 23.4 Å². The highest BCUT2D eigenvalue weighted by molar-refractivity contribution is 8.14. The molecule has 0 unspecified atom stereocenters. The Morgan fingerprint density at radius 1 is 1.35 bits per heavy atom. The summed E-state index contributed by atoms with van der Waals surface area (Å²) in [5, 5.41) is 0.829. The van der Waals surface area contributed by atoms with Gasteiger partial charge in [0.2, 0.25) is 0 Å². The number of benzene rings is 1. The molecule has 0 saturated carbocycles. The lowest BCUT2D eigenvalue weighted by atomic mass is 10.1. The van der Waals surface area contributed by atoms with Crippen molar-refractivity contribution in [3.63, 3.8) is 0 Å². The van der Waals surface area contributed by atoms with Crippen molar-refractivity contribution in [1.82, 2.24) is 0 Å². The Morgan fingerprint density at radius 3 is 2.59 bits per heavy atom. The molecule has 0 aliphatic carbocycles. The molecule has 1 aliphatic heterocycles. The van der Waals surface area contributed by atoms with Gasteiger partial charge < -0.3 is 0 Å². The maximum atomic E-state index is 12.0. The Labute approximate surface area is 106 Å². The average Bonchev–Trinajstić information content (AvgIpc) is 2.62. The molecule has 0 spiro atoms. The number of anilines is 1. The van der Waals surface area contributed by atoms with E-state index in [0.717, 1.165) is 27.7 Å². The lowest BCUT2D eigenvalue weighted by Gasteiger charge is -2.22. The van der Waals surface area contributed by atoms with Crippen molar-refractivity contribution in [3.8, 4) is 0 Å². The molecular weight excluding hydrogens is 232 g/mol. The Balaban J connectivity index is 2.44. The van der Waals surface area contributed by atoms with Gasteiger partial charge in [-0.1, -0.05) is 36.9 Å². The van der Waals surface area contributed by atoms with E-state index < -0.39 is 0 Å². The maximum absolute atomic E-state index is 12.0. The van der Waals surface area contributed by atoms with Crippen LogP contribution in [0.25, 0.3) is 0 Å². The van der Waals surface area contributed by atoms with Crippen molar-refractivity contribution < 1.29 is 4.79 Å². The van der Waals surface area contributed by atoms with Gasteiger partial charge in [-0.15, -0.1) is 0 Å². The number of nitrogens with zero attached hydrogens (tertiary/aromatic N) is 2. The second kappa shape index (κ2) is 4.92. The molecule has 4 heteroatoms. The predicted molar refractivity (Wildman–Crippen MR) is 73.8 cm³/mol. The first-order chi connectivity index (χ1) is 8.15. The van der Waals surface area contributed by atoms with E-state index in [0.29, 0.717) is 0 Å². The van der Waals surface area contributed by atoms with E-state index in [2.05, 4.69) is 11.9 Å². The van der Waals surface area contributed by atoms with Gasteiger partial charge in [0.05, 0.1) is 5.69 Å². The number of carbonyl (C=O) groups is 1. The molecule has 0 fully saturated rings. The highest BCUT2D eigenvalue weighted by atomic mass is 32.2. The predicted octanol–water partition coefficient (Wildman–Crippen LogP) is 2.76. The first-order valence-corrected chi connectivity index (χ1v) is 6.70. The van der Waals surface area contributed by atoms with Crippen molar-refractivity contribution in [2.24, 2.45) is 4.99 Å². The summed E-state index contributed by atoms with van der Waals surface area (Å²) in [6.07, 6.45) is 0. The zero-order chi connectivity index (χ0) is 12.4. The molecule has 1 aromatic carbocycles. The number of amidine groups is 1. The van der Waals surface area contributed by atoms with Gasteiger partial charge in [0.15, 0.2) is 5.17 Å². The van der Waals surface area contributed by atoms with Crippen molar-refractivity contribution in [1.29, 1.82) is 0 Å². The van der Waals surface area contributed by atoms with Crippen molar-refractivity contribution >= 4 is 28.5 Å². The highest BCUT2D eigenvalue weighted by Crippen LogP contribution is 2.29. The van der Waals surface area contributed by atoms with E-state index in [9.17, 15) is 4.79 Å². The van der Waals surface area contributed by atoms with Gasteiger partial charge in [-0.05, 0) is 30.7 Å². The third-order valence-corrected chi connectivity index (χ3v) is 3.59. The summed E-state index contributed by atoms with van der Waals surface area (Å²) < 4.78 is 0. The number of para-hydroxylation sites is 1. The zero-order valence-corrected chi connectivity index (χ0v) is 11.2. The quantitative estimate of drug-likeness (QED) is 0.806. The van der Waals surface area contributed by atoms with Crippen LogP contribution in [0.1, 0.15) is 18.1 Å². The van der Waals surface area contributed by atoms with E-state index in [-0.39, 0.29) is 12.5 Å². The van der Waals surface area contributed by atoms with Crippen LogP contribution in [0.4, 0.5) is 5.69 Å². The number of aliphatic imine (C=N–C) groups is 1. The second-order valence-electron chi connectivity index (χ2n) is 4.00. The third kappa shape index (κ3) is 2.22. The molecule has 0 radical (unpaired) electrons. The molecule has 90 valence electrons. The lowest BCUT2D eigenvalue weighted by molar-refractivity contribution is -0.115.